The molecule has 5 rings (SSSR count). The van der Waals surface area contributed by atoms with Crippen molar-refractivity contribution in [2.45, 2.75) is 76.3 Å². The van der Waals surface area contributed by atoms with Crippen molar-refractivity contribution in [1.82, 2.24) is 9.55 Å². The number of imidazole rings is 1. The van der Waals surface area contributed by atoms with Crippen LogP contribution in [0.1, 0.15) is 40.2 Å². The minimum atomic E-state index is -0.841. The molecule has 0 aromatic carbocycles. The fraction of sp³-hybridized carbons (Fsp3) is 0.692. The van der Waals surface area contributed by atoms with Gasteiger partial charge >= 0.3 is 5.97 Å². The van der Waals surface area contributed by atoms with Gasteiger partial charge in [0.15, 0.2) is 6.10 Å². The van der Waals surface area contributed by atoms with Gasteiger partial charge in [0, 0.05) is 49.1 Å². The molecule has 4 aliphatic rings. The van der Waals surface area contributed by atoms with Crippen molar-refractivity contribution in [3.8, 4) is 0 Å². The zero-order chi connectivity index (χ0) is 24.4. The summed E-state index contributed by atoms with van der Waals surface area (Å²) < 4.78 is 20.4. The molecule has 4 bridgehead atoms. The van der Waals surface area contributed by atoms with E-state index in [0.29, 0.717) is 6.42 Å². The summed E-state index contributed by atoms with van der Waals surface area (Å²) in [5, 5.41) is 22.1. The highest BCUT2D eigenvalue weighted by Crippen LogP contribution is 2.62. The zero-order valence-corrected chi connectivity index (χ0v) is 20.4. The van der Waals surface area contributed by atoms with Gasteiger partial charge in [-0.3, -0.25) is 0 Å². The minimum absolute atomic E-state index is 0.0388. The first-order chi connectivity index (χ1) is 16.2. The number of carbonyl (C=O) groups is 1. The molecule has 3 heterocycles. The third kappa shape index (κ3) is 3.33. The van der Waals surface area contributed by atoms with E-state index >= 15 is 0 Å². The monoisotopic (exact) mass is 472 g/mol. The molecule has 0 radical (unpaired) electrons. The molecule has 1 saturated heterocycles. The molecule has 1 spiro atoms. The molecule has 2 N–H and O–H groups in total. The van der Waals surface area contributed by atoms with Gasteiger partial charge in [0.2, 0.25) is 0 Å². The van der Waals surface area contributed by atoms with Gasteiger partial charge in [-0.1, -0.05) is 32.1 Å². The van der Waals surface area contributed by atoms with E-state index in [1.165, 1.54) is 7.11 Å². The first-order valence-corrected chi connectivity index (χ1v) is 12.3. The van der Waals surface area contributed by atoms with E-state index in [4.69, 9.17) is 14.2 Å². The number of ether oxygens (including phenoxy) is 3. The van der Waals surface area contributed by atoms with Gasteiger partial charge in [0.1, 0.15) is 11.7 Å². The second-order valence-corrected chi connectivity index (χ2v) is 10.6. The normalized spacial score (nSPS) is 48.4. The maximum atomic E-state index is 13.0. The number of cyclic esters (lactones) is 1. The van der Waals surface area contributed by atoms with Crippen LogP contribution in [-0.4, -0.2) is 69.0 Å². The van der Waals surface area contributed by atoms with E-state index < -0.39 is 36.0 Å². The van der Waals surface area contributed by atoms with Crippen LogP contribution in [-0.2, 0) is 19.0 Å². The lowest BCUT2D eigenvalue weighted by Crippen LogP contribution is -2.56. The molecule has 1 aromatic heterocycles. The molecule has 0 amide bonds. The summed E-state index contributed by atoms with van der Waals surface area (Å²) in [7, 11) is 1.50. The number of aromatic nitrogens is 2. The van der Waals surface area contributed by atoms with Gasteiger partial charge in [0.05, 0.1) is 30.7 Å². The highest BCUT2D eigenvalue weighted by molar-refractivity contribution is 5.75. The Bertz CT molecular complexity index is 974. The Morgan fingerprint density at radius 3 is 2.74 bits per heavy atom. The number of aliphatic hydroxyl groups is 2. The van der Waals surface area contributed by atoms with Crippen molar-refractivity contribution >= 4 is 5.97 Å². The van der Waals surface area contributed by atoms with E-state index in [-0.39, 0.29) is 41.7 Å². The number of methoxy groups -OCH3 is 1. The van der Waals surface area contributed by atoms with Crippen LogP contribution in [0.25, 0.3) is 0 Å². The second kappa shape index (κ2) is 8.59. The molecule has 8 nitrogen and oxygen atoms in total. The summed E-state index contributed by atoms with van der Waals surface area (Å²) in [5.74, 6) is -1.06. The van der Waals surface area contributed by atoms with Crippen LogP contribution in [0.2, 0.25) is 0 Å². The Kier molecular flexibility index (Phi) is 5.99. The van der Waals surface area contributed by atoms with Gasteiger partial charge in [-0.15, -0.1) is 0 Å². The second-order valence-electron chi connectivity index (χ2n) is 10.6. The van der Waals surface area contributed by atoms with Crippen molar-refractivity contribution in [2.75, 3.05) is 7.11 Å². The lowest BCUT2D eigenvalue weighted by molar-refractivity contribution is -0.172. The Labute approximate surface area is 200 Å². The van der Waals surface area contributed by atoms with Gasteiger partial charge < -0.3 is 29.0 Å². The predicted molar refractivity (Wildman–Crippen MR) is 124 cm³/mol. The van der Waals surface area contributed by atoms with E-state index in [2.05, 4.69) is 34.7 Å². The SMILES string of the molecule is CO[C@H]1C[C@H]2C=C[C@@H]3[C@H]4[C@H](O)[C@@H](C)C(n5ccnc5)[C@@H]3O[C@]42/C(C)=C/[C@@H](C)[C@@H]([C@@H](C)O)OC1=O. The summed E-state index contributed by atoms with van der Waals surface area (Å²) in [6.07, 6.45) is 9.13. The molecule has 34 heavy (non-hydrogen) atoms. The van der Waals surface area contributed by atoms with Gasteiger partial charge in [0.25, 0.3) is 0 Å². The Hall–Kier alpha value is -2.00. The van der Waals surface area contributed by atoms with Crippen LogP contribution in [0.4, 0.5) is 0 Å². The van der Waals surface area contributed by atoms with Gasteiger partial charge in [-0.2, -0.15) is 0 Å². The van der Waals surface area contributed by atoms with Gasteiger partial charge in [-0.05, 0) is 25.8 Å². The molecule has 2 aliphatic heterocycles. The number of hydrogen-bond donors (Lipinski definition) is 2. The summed E-state index contributed by atoms with van der Waals surface area (Å²) in [6, 6.07) is -0.0597. The summed E-state index contributed by atoms with van der Waals surface area (Å²) in [6.45, 7) is 7.70. The van der Waals surface area contributed by atoms with E-state index in [0.717, 1.165) is 5.57 Å². The Morgan fingerprint density at radius 1 is 1.32 bits per heavy atom. The van der Waals surface area contributed by atoms with Crippen molar-refractivity contribution < 1.29 is 29.2 Å². The van der Waals surface area contributed by atoms with E-state index in [1.807, 2.05) is 20.0 Å². The van der Waals surface area contributed by atoms with Gasteiger partial charge in [-0.25, -0.2) is 9.78 Å². The fourth-order valence-corrected chi connectivity index (χ4v) is 7.23. The van der Waals surface area contributed by atoms with Crippen LogP contribution in [0.15, 0.2) is 42.5 Å². The standard InChI is InChI=1S/C26H36N2O6/c1-13-10-14(2)26-17(11-19(32-5)25(31)33-23(13)16(4)29)6-7-18-20(26)22(30)15(3)21(24(18)34-26)28-9-8-27-12-28/h6-10,12-13,15-24,29-30H,11H2,1-5H3/b14-10+/t13-,15+,16-,17-,18-,19+,20+,21?,22-,23+,24-,26+/m1/s1. The van der Waals surface area contributed by atoms with Crippen molar-refractivity contribution in [3.05, 3.63) is 42.5 Å². The van der Waals surface area contributed by atoms with Crippen LogP contribution < -0.4 is 0 Å². The van der Waals surface area contributed by atoms with Crippen LogP contribution >= 0.6 is 0 Å². The maximum absolute atomic E-state index is 13.0. The Morgan fingerprint density at radius 2 is 2.09 bits per heavy atom. The topological polar surface area (TPSA) is 103 Å². The molecule has 1 saturated carbocycles. The van der Waals surface area contributed by atoms with Crippen LogP contribution in [0.3, 0.4) is 0 Å². The van der Waals surface area contributed by atoms with Crippen molar-refractivity contribution in [3.63, 3.8) is 0 Å². The summed E-state index contributed by atoms with van der Waals surface area (Å²) in [4.78, 5) is 17.3. The highest BCUT2D eigenvalue weighted by atomic mass is 16.6. The number of aliphatic hydroxyl groups excluding tert-OH is 2. The lowest BCUT2D eigenvalue weighted by Gasteiger charge is -2.49. The van der Waals surface area contributed by atoms with E-state index in [9.17, 15) is 15.0 Å². The largest absolute Gasteiger partial charge is 0.457 e. The highest BCUT2D eigenvalue weighted by Gasteiger charge is 2.68. The minimum Gasteiger partial charge on any atom is -0.457 e. The molecule has 1 unspecified atom stereocenters. The molecule has 12 atom stereocenters. The number of hydrogen-bond acceptors (Lipinski definition) is 7. The molecule has 1 aromatic rings. The van der Waals surface area contributed by atoms with Crippen LogP contribution in [0.5, 0.6) is 0 Å². The number of nitrogens with zero attached hydrogens (tertiary/aromatic N) is 2. The average Bonchev–Trinajstić information content (AvgIpc) is 3.38. The molecule has 2 fully saturated rings. The quantitative estimate of drug-likeness (QED) is 0.514. The number of rotatable bonds is 3. The van der Waals surface area contributed by atoms with Crippen LogP contribution in [0, 0.1) is 29.6 Å². The first-order valence-electron chi connectivity index (χ1n) is 12.3. The first kappa shape index (κ1) is 23.7. The number of carbonyl (C=O) groups excluding carboxylic acids is 1. The van der Waals surface area contributed by atoms with Crippen molar-refractivity contribution in [2.24, 2.45) is 29.6 Å². The average molecular weight is 473 g/mol. The third-order valence-corrected chi connectivity index (χ3v) is 8.78. The predicted octanol–water partition coefficient (Wildman–Crippen LogP) is 2.28. The van der Waals surface area contributed by atoms with Crippen molar-refractivity contribution in [1.29, 1.82) is 0 Å². The summed E-state index contributed by atoms with van der Waals surface area (Å²) in [5.41, 5.74) is 0.224. The Balaban J connectivity index is 1.65. The third-order valence-electron chi connectivity index (χ3n) is 8.78. The lowest BCUT2D eigenvalue weighted by atomic mass is 9.57. The maximum Gasteiger partial charge on any atom is 0.335 e. The zero-order valence-electron chi connectivity index (χ0n) is 20.4. The smallest absolute Gasteiger partial charge is 0.335 e. The molecular weight excluding hydrogens is 436 g/mol. The molecule has 186 valence electrons. The number of esters is 1. The van der Waals surface area contributed by atoms with E-state index in [1.54, 1.807) is 19.4 Å². The fourth-order valence-electron chi connectivity index (χ4n) is 7.23. The molecule has 8 heteroatoms. The molecule has 2 aliphatic carbocycles. The summed E-state index contributed by atoms with van der Waals surface area (Å²) >= 11 is 0. The molecular formula is C26H36N2O6.